The standard InChI is InChI=1S/C11H13F2NO2/c1-6(2)16-11(15)14-10-5-8(12)7(3)4-9(10)13/h4-6H,1-3H3,(H,14,15). The van der Waals surface area contributed by atoms with Crippen molar-refractivity contribution in [1.82, 2.24) is 0 Å². The van der Waals surface area contributed by atoms with E-state index in [4.69, 9.17) is 4.74 Å². The molecule has 16 heavy (non-hydrogen) atoms. The maximum absolute atomic E-state index is 13.3. The van der Waals surface area contributed by atoms with Gasteiger partial charge in [0.25, 0.3) is 0 Å². The summed E-state index contributed by atoms with van der Waals surface area (Å²) in [5, 5.41) is 2.13. The van der Waals surface area contributed by atoms with Gasteiger partial charge in [0, 0.05) is 6.07 Å². The maximum Gasteiger partial charge on any atom is 0.411 e. The molecule has 0 unspecified atom stereocenters. The number of nitrogens with one attached hydrogen (secondary N) is 1. The third-order valence-corrected chi connectivity index (χ3v) is 1.83. The molecule has 5 heteroatoms. The molecule has 0 atom stereocenters. The van der Waals surface area contributed by atoms with E-state index in [0.717, 1.165) is 12.1 Å². The number of benzene rings is 1. The van der Waals surface area contributed by atoms with Gasteiger partial charge in [-0.05, 0) is 32.4 Å². The molecule has 1 N–H and O–H groups in total. The maximum atomic E-state index is 13.3. The third-order valence-electron chi connectivity index (χ3n) is 1.83. The molecule has 0 fully saturated rings. The Morgan fingerprint density at radius 2 is 1.94 bits per heavy atom. The van der Waals surface area contributed by atoms with E-state index in [1.165, 1.54) is 6.92 Å². The number of hydrogen-bond acceptors (Lipinski definition) is 2. The Morgan fingerprint density at radius 1 is 1.31 bits per heavy atom. The van der Waals surface area contributed by atoms with Gasteiger partial charge in [0.2, 0.25) is 0 Å². The van der Waals surface area contributed by atoms with E-state index in [9.17, 15) is 13.6 Å². The predicted molar refractivity (Wildman–Crippen MR) is 56.3 cm³/mol. The van der Waals surface area contributed by atoms with E-state index in [0.29, 0.717) is 0 Å². The van der Waals surface area contributed by atoms with Crippen LogP contribution in [0.25, 0.3) is 0 Å². The molecule has 3 nitrogen and oxygen atoms in total. The van der Waals surface area contributed by atoms with Crippen molar-refractivity contribution in [2.45, 2.75) is 26.9 Å². The molecule has 0 aliphatic heterocycles. The molecule has 0 spiro atoms. The molecule has 0 heterocycles. The number of rotatable bonds is 2. The second-order valence-electron chi connectivity index (χ2n) is 3.66. The Morgan fingerprint density at radius 3 is 2.50 bits per heavy atom. The molecule has 0 saturated heterocycles. The molecule has 0 radical (unpaired) electrons. The quantitative estimate of drug-likeness (QED) is 0.845. The molecule has 0 aromatic heterocycles. The first kappa shape index (κ1) is 12.4. The number of aryl methyl sites for hydroxylation is 1. The number of ether oxygens (including phenoxy) is 1. The van der Waals surface area contributed by atoms with Gasteiger partial charge in [-0.15, -0.1) is 0 Å². The fourth-order valence-corrected chi connectivity index (χ4v) is 1.10. The van der Waals surface area contributed by atoms with Crippen LogP contribution in [0, 0.1) is 18.6 Å². The lowest BCUT2D eigenvalue weighted by molar-refractivity contribution is 0.130. The van der Waals surface area contributed by atoms with Gasteiger partial charge in [-0.25, -0.2) is 13.6 Å². The van der Waals surface area contributed by atoms with Gasteiger partial charge in [-0.2, -0.15) is 0 Å². The first-order valence-corrected chi connectivity index (χ1v) is 4.83. The van der Waals surface area contributed by atoms with E-state index >= 15 is 0 Å². The minimum atomic E-state index is -0.808. The van der Waals surface area contributed by atoms with Crippen molar-refractivity contribution in [1.29, 1.82) is 0 Å². The number of carbonyl (C=O) groups excluding carboxylic acids is 1. The van der Waals surface area contributed by atoms with Crippen molar-refractivity contribution in [3.63, 3.8) is 0 Å². The van der Waals surface area contributed by atoms with Gasteiger partial charge in [0.15, 0.2) is 0 Å². The number of hydrogen-bond donors (Lipinski definition) is 1. The largest absolute Gasteiger partial charge is 0.447 e. The SMILES string of the molecule is Cc1cc(F)c(NC(=O)OC(C)C)cc1F. The molecule has 1 aromatic rings. The Balaban J connectivity index is 2.81. The summed E-state index contributed by atoms with van der Waals surface area (Å²) in [7, 11) is 0. The van der Waals surface area contributed by atoms with Crippen LogP contribution in [0.15, 0.2) is 12.1 Å². The summed E-state index contributed by atoms with van der Waals surface area (Å²) in [5.41, 5.74) is -0.0472. The highest BCUT2D eigenvalue weighted by Crippen LogP contribution is 2.19. The highest BCUT2D eigenvalue weighted by atomic mass is 19.1. The molecule has 0 saturated carbocycles. The lowest BCUT2D eigenvalue weighted by atomic mass is 10.2. The zero-order chi connectivity index (χ0) is 12.3. The lowest BCUT2D eigenvalue weighted by Crippen LogP contribution is -2.18. The van der Waals surface area contributed by atoms with Gasteiger partial charge in [-0.3, -0.25) is 5.32 Å². The van der Waals surface area contributed by atoms with Crippen LogP contribution >= 0.6 is 0 Å². The minimum absolute atomic E-state index is 0.181. The normalized spacial score (nSPS) is 10.4. The van der Waals surface area contributed by atoms with E-state index in [1.807, 2.05) is 0 Å². The number of carbonyl (C=O) groups is 1. The van der Waals surface area contributed by atoms with Gasteiger partial charge < -0.3 is 4.74 Å². The van der Waals surface area contributed by atoms with Gasteiger partial charge in [0.1, 0.15) is 11.6 Å². The van der Waals surface area contributed by atoms with Crippen LogP contribution in [-0.2, 0) is 4.74 Å². The van der Waals surface area contributed by atoms with Crippen LogP contribution in [0.1, 0.15) is 19.4 Å². The van der Waals surface area contributed by atoms with Gasteiger partial charge in [-0.1, -0.05) is 0 Å². The monoisotopic (exact) mass is 229 g/mol. The van der Waals surface area contributed by atoms with Crippen molar-refractivity contribution in [2.24, 2.45) is 0 Å². The van der Waals surface area contributed by atoms with Crippen molar-refractivity contribution >= 4 is 11.8 Å². The molecular weight excluding hydrogens is 216 g/mol. The second kappa shape index (κ2) is 4.92. The van der Waals surface area contributed by atoms with E-state index in [2.05, 4.69) is 5.32 Å². The van der Waals surface area contributed by atoms with Gasteiger partial charge in [0.05, 0.1) is 11.8 Å². The number of halogens is 2. The van der Waals surface area contributed by atoms with Crippen molar-refractivity contribution < 1.29 is 18.3 Å². The van der Waals surface area contributed by atoms with E-state index in [1.54, 1.807) is 13.8 Å². The minimum Gasteiger partial charge on any atom is -0.447 e. The first-order valence-electron chi connectivity index (χ1n) is 4.83. The van der Waals surface area contributed by atoms with Crippen molar-refractivity contribution in [2.75, 3.05) is 5.32 Å². The van der Waals surface area contributed by atoms with Crippen LogP contribution in [0.5, 0.6) is 0 Å². The Bertz CT molecular complexity index is 405. The van der Waals surface area contributed by atoms with Crippen LogP contribution < -0.4 is 5.32 Å². The zero-order valence-corrected chi connectivity index (χ0v) is 9.30. The Hall–Kier alpha value is -1.65. The summed E-state index contributed by atoms with van der Waals surface area (Å²) < 4.78 is 31.1. The summed E-state index contributed by atoms with van der Waals surface area (Å²) in [5.74, 6) is -1.28. The lowest BCUT2D eigenvalue weighted by Gasteiger charge is -2.10. The van der Waals surface area contributed by atoms with Crippen LogP contribution in [-0.4, -0.2) is 12.2 Å². The Labute approximate surface area is 92.4 Å². The summed E-state index contributed by atoms with van der Waals surface area (Å²) in [6.07, 6.45) is -1.13. The number of anilines is 1. The molecule has 88 valence electrons. The first-order chi connectivity index (χ1) is 7.40. The number of amides is 1. The molecule has 1 aromatic carbocycles. The highest BCUT2D eigenvalue weighted by molar-refractivity contribution is 5.84. The van der Waals surface area contributed by atoms with Gasteiger partial charge >= 0.3 is 6.09 Å². The predicted octanol–water partition coefficient (Wildman–Crippen LogP) is 3.23. The molecule has 0 aliphatic carbocycles. The van der Waals surface area contributed by atoms with E-state index < -0.39 is 17.7 Å². The summed E-state index contributed by atoms with van der Waals surface area (Å²) in [4.78, 5) is 11.1. The van der Waals surface area contributed by atoms with Crippen molar-refractivity contribution in [3.05, 3.63) is 29.3 Å². The Kier molecular flexibility index (Phi) is 3.82. The summed E-state index contributed by atoms with van der Waals surface area (Å²) in [6.45, 7) is 4.76. The fraction of sp³-hybridized carbons (Fsp3) is 0.364. The molecule has 0 bridgehead atoms. The average molecular weight is 229 g/mol. The molecular formula is C11H13F2NO2. The summed E-state index contributed by atoms with van der Waals surface area (Å²) in [6, 6.07) is 1.94. The molecule has 1 rings (SSSR count). The average Bonchev–Trinajstić information content (AvgIpc) is 2.12. The topological polar surface area (TPSA) is 38.3 Å². The second-order valence-corrected chi connectivity index (χ2v) is 3.66. The third kappa shape index (κ3) is 3.18. The van der Waals surface area contributed by atoms with Crippen LogP contribution in [0.3, 0.4) is 0 Å². The molecule has 1 amide bonds. The fourth-order valence-electron chi connectivity index (χ4n) is 1.10. The smallest absolute Gasteiger partial charge is 0.411 e. The van der Waals surface area contributed by atoms with Crippen LogP contribution in [0.2, 0.25) is 0 Å². The zero-order valence-electron chi connectivity index (χ0n) is 9.30. The van der Waals surface area contributed by atoms with Crippen molar-refractivity contribution in [3.8, 4) is 0 Å². The van der Waals surface area contributed by atoms with E-state index in [-0.39, 0.29) is 17.4 Å². The molecule has 0 aliphatic rings. The summed E-state index contributed by atoms with van der Waals surface area (Å²) >= 11 is 0. The highest BCUT2D eigenvalue weighted by Gasteiger charge is 2.11. The van der Waals surface area contributed by atoms with Crippen LogP contribution in [0.4, 0.5) is 19.3 Å².